The number of halogens is 1. The number of benzene rings is 1. The zero-order valence-corrected chi connectivity index (χ0v) is 7.79. The highest BCUT2D eigenvalue weighted by atomic mass is 35.5. The summed E-state index contributed by atoms with van der Waals surface area (Å²) >= 11 is 6.02. The Bertz CT molecular complexity index is 352. The zero-order chi connectivity index (χ0) is 9.10. The molecule has 66 valence electrons. The third kappa shape index (κ3) is 1.76. The van der Waals surface area contributed by atoms with E-state index < -0.39 is 0 Å². The van der Waals surface area contributed by atoms with Crippen LogP contribution in [0.25, 0.3) is 5.76 Å². The van der Waals surface area contributed by atoms with Crippen LogP contribution in [0.5, 0.6) is 0 Å². The average Bonchev–Trinajstić information content (AvgIpc) is 2.20. The number of rotatable bonds is 1. The monoisotopic (exact) mass is 192 g/mol. The maximum atomic E-state index is 6.02. The molecule has 1 nitrogen and oxygen atoms in total. The predicted octanol–water partition coefficient (Wildman–Crippen LogP) is 3.53. The summed E-state index contributed by atoms with van der Waals surface area (Å²) in [6.07, 6.45) is 4.33. The summed E-state index contributed by atoms with van der Waals surface area (Å²) in [5.41, 5.74) is 1.02. The highest BCUT2D eigenvalue weighted by molar-refractivity contribution is 6.32. The van der Waals surface area contributed by atoms with E-state index in [1.807, 2.05) is 36.4 Å². The molecule has 1 heterocycles. The molecule has 0 unspecified atom stereocenters. The smallest absolute Gasteiger partial charge is 0.148 e. The molecule has 0 saturated heterocycles. The Morgan fingerprint density at radius 3 is 2.62 bits per heavy atom. The van der Waals surface area contributed by atoms with Crippen molar-refractivity contribution in [2.75, 3.05) is 0 Å². The van der Waals surface area contributed by atoms with Gasteiger partial charge < -0.3 is 4.74 Å². The normalized spacial score (nSPS) is 15.8. The second-order valence-electron chi connectivity index (χ2n) is 2.79. The van der Waals surface area contributed by atoms with Gasteiger partial charge in [0.1, 0.15) is 5.76 Å². The Morgan fingerprint density at radius 1 is 1.15 bits per heavy atom. The van der Waals surface area contributed by atoms with E-state index in [1.165, 1.54) is 0 Å². The summed E-state index contributed by atoms with van der Waals surface area (Å²) in [5.74, 6) is 0.768. The fraction of sp³-hybridized carbons (Fsp3) is 0.0909. The van der Waals surface area contributed by atoms with Gasteiger partial charge in [0.25, 0.3) is 0 Å². The molecule has 13 heavy (non-hydrogen) atoms. The first-order chi connectivity index (χ1) is 6.38. The number of hydrogen-bond acceptors (Lipinski definition) is 1. The molecule has 0 fully saturated rings. The first-order valence-electron chi connectivity index (χ1n) is 4.13. The van der Waals surface area contributed by atoms with E-state index in [0.29, 0.717) is 0 Å². The third-order valence-corrected chi connectivity index (χ3v) is 2.19. The fourth-order valence-corrected chi connectivity index (χ4v) is 1.48. The van der Waals surface area contributed by atoms with Crippen molar-refractivity contribution in [1.29, 1.82) is 0 Å². The Balaban J connectivity index is 2.36. The van der Waals surface area contributed by atoms with Gasteiger partial charge in [-0.2, -0.15) is 0 Å². The van der Waals surface area contributed by atoms with E-state index in [4.69, 9.17) is 16.3 Å². The first-order valence-corrected chi connectivity index (χ1v) is 4.51. The summed E-state index contributed by atoms with van der Waals surface area (Å²) in [4.78, 5) is 0. The lowest BCUT2D eigenvalue weighted by molar-refractivity contribution is 0.426. The van der Waals surface area contributed by atoms with Gasteiger partial charge >= 0.3 is 0 Å². The topological polar surface area (TPSA) is 9.23 Å². The molecular weight excluding hydrogens is 184 g/mol. The van der Waals surface area contributed by atoms with Gasteiger partial charge in [-0.1, -0.05) is 41.9 Å². The minimum atomic E-state index is 0.756. The standard InChI is InChI=1S/C11H9ClO/c12-10-7-4-8-13-11(10)9-5-2-1-3-6-9/h1-6,8H,7H2. The molecule has 1 aliphatic rings. The van der Waals surface area contributed by atoms with Crippen molar-refractivity contribution in [1.82, 2.24) is 0 Å². The lowest BCUT2D eigenvalue weighted by Gasteiger charge is -2.12. The molecule has 0 spiro atoms. The van der Waals surface area contributed by atoms with Crippen molar-refractivity contribution in [2.24, 2.45) is 0 Å². The van der Waals surface area contributed by atoms with Crippen molar-refractivity contribution < 1.29 is 4.74 Å². The minimum Gasteiger partial charge on any atom is -0.463 e. The van der Waals surface area contributed by atoms with E-state index in [1.54, 1.807) is 6.26 Å². The summed E-state index contributed by atoms with van der Waals surface area (Å²) in [7, 11) is 0. The molecule has 0 saturated carbocycles. The van der Waals surface area contributed by atoms with E-state index in [2.05, 4.69) is 0 Å². The average molecular weight is 193 g/mol. The van der Waals surface area contributed by atoms with Gasteiger partial charge in [0.2, 0.25) is 0 Å². The maximum Gasteiger partial charge on any atom is 0.148 e. The number of hydrogen-bond donors (Lipinski definition) is 0. The van der Waals surface area contributed by atoms with Crippen LogP contribution in [-0.4, -0.2) is 0 Å². The second-order valence-corrected chi connectivity index (χ2v) is 3.25. The first kappa shape index (κ1) is 8.39. The second kappa shape index (κ2) is 3.67. The van der Waals surface area contributed by atoms with Crippen LogP contribution in [0.4, 0.5) is 0 Å². The summed E-state index contributed by atoms with van der Waals surface area (Å²) < 4.78 is 5.34. The molecule has 0 amide bonds. The van der Waals surface area contributed by atoms with Crippen molar-refractivity contribution in [3.63, 3.8) is 0 Å². The van der Waals surface area contributed by atoms with Gasteiger partial charge in [0, 0.05) is 12.0 Å². The number of ether oxygens (including phenoxy) is 1. The van der Waals surface area contributed by atoms with Crippen molar-refractivity contribution in [2.45, 2.75) is 6.42 Å². The SMILES string of the molecule is ClC1=C(c2ccccc2)OC=CC1. The van der Waals surface area contributed by atoms with E-state index >= 15 is 0 Å². The molecule has 1 aliphatic heterocycles. The van der Waals surface area contributed by atoms with Crippen LogP contribution in [0.2, 0.25) is 0 Å². The van der Waals surface area contributed by atoms with Crippen molar-refractivity contribution in [3.8, 4) is 0 Å². The minimum absolute atomic E-state index is 0.756. The summed E-state index contributed by atoms with van der Waals surface area (Å²) in [6, 6.07) is 9.87. The fourth-order valence-electron chi connectivity index (χ4n) is 1.24. The Morgan fingerprint density at radius 2 is 1.92 bits per heavy atom. The lowest BCUT2D eigenvalue weighted by Crippen LogP contribution is -1.93. The van der Waals surface area contributed by atoms with Crippen molar-refractivity contribution in [3.05, 3.63) is 53.3 Å². The molecule has 0 bridgehead atoms. The van der Waals surface area contributed by atoms with Crippen LogP contribution in [0.3, 0.4) is 0 Å². The molecule has 0 atom stereocenters. The largest absolute Gasteiger partial charge is 0.463 e. The van der Waals surface area contributed by atoms with Gasteiger partial charge in [-0.3, -0.25) is 0 Å². The molecule has 2 rings (SSSR count). The van der Waals surface area contributed by atoms with E-state index in [9.17, 15) is 0 Å². The van der Waals surface area contributed by atoms with Crippen LogP contribution >= 0.6 is 11.6 Å². The molecular formula is C11H9ClO. The van der Waals surface area contributed by atoms with Gasteiger partial charge in [0.05, 0.1) is 11.3 Å². The molecule has 1 aromatic carbocycles. The van der Waals surface area contributed by atoms with Gasteiger partial charge in [-0.05, 0) is 6.08 Å². The van der Waals surface area contributed by atoms with Gasteiger partial charge in [0.15, 0.2) is 0 Å². The van der Waals surface area contributed by atoms with Crippen molar-refractivity contribution >= 4 is 17.4 Å². The number of allylic oxidation sites excluding steroid dienone is 2. The van der Waals surface area contributed by atoms with Gasteiger partial charge in [-0.25, -0.2) is 0 Å². The molecule has 2 heteroatoms. The van der Waals surface area contributed by atoms with Crippen LogP contribution in [0.1, 0.15) is 12.0 Å². The Kier molecular flexibility index (Phi) is 2.37. The quantitative estimate of drug-likeness (QED) is 0.662. The maximum absolute atomic E-state index is 6.02. The molecule has 0 radical (unpaired) electrons. The van der Waals surface area contributed by atoms with Crippen LogP contribution in [0.15, 0.2) is 47.7 Å². The Labute approximate surface area is 82.3 Å². The van der Waals surface area contributed by atoms with Gasteiger partial charge in [-0.15, -0.1) is 0 Å². The summed E-state index contributed by atoms with van der Waals surface area (Å²) in [5, 5.41) is 0.758. The van der Waals surface area contributed by atoms with Crippen LogP contribution in [0, 0.1) is 0 Å². The zero-order valence-electron chi connectivity index (χ0n) is 7.03. The molecule has 0 aromatic heterocycles. The van der Waals surface area contributed by atoms with Crippen LogP contribution < -0.4 is 0 Å². The molecule has 1 aromatic rings. The molecule has 0 aliphatic carbocycles. The predicted molar refractivity (Wildman–Crippen MR) is 54.1 cm³/mol. The summed E-state index contributed by atoms with van der Waals surface area (Å²) in [6.45, 7) is 0. The molecule has 0 N–H and O–H groups in total. The lowest BCUT2D eigenvalue weighted by atomic mass is 10.1. The highest BCUT2D eigenvalue weighted by Crippen LogP contribution is 2.28. The van der Waals surface area contributed by atoms with E-state index in [-0.39, 0.29) is 0 Å². The third-order valence-electron chi connectivity index (χ3n) is 1.86. The Hall–Kier alpha value is -1.21. The van der Waals surface area contributed by atoms with Crippen LogP contribution in [-0.2, 0) is 4.74 Å². The van der Waals surface area contributed by atoms with E-state index in [0.717, 1.165) is 22.8 Å². The highest BCUT2D eigenvalue weighted by Gasteiger charge is 2.09.